The van der Waals surface area contributed by atoms with Crippen molar-refractivity contribution in [2.24, 2.45) is 4.99 Å². The molecule has 1 aromatic heterocycles. The summed E-state index contributed by atoms with van der Waals surface area (Å²) in [5, 5.41) is 10.1. The van der Waals surface area contributed by atoms with Crippen molar-refractivity contribution >= 4 is 23.4 Å². The zero-order valence-electron chi connectivity index (χ0n) is 22.5. The standard InChI is InChI=1S/C30H34N2O5S/c1-6-9-22-26(29(35)37-8-3)27(21-13-11-20(12-14-21)18(4)5)32-28(34)25(38-30(32)31-22)17-19-10-15-23(33)24(16-19)36-7-2/h10-18,27,33H,6-9H2,1-5H3/b25-17-/t27-/m0/s1. The molecule has 0 bridgehead atoms. The highest BCUT2D eigenvalue weighted by molar-refractivity contribution is 7.07. The van der Waals surface area contributed by atoms with Gasteiger partial charge in [-0.05, 0) is 61.1 Å². The van der Waals surface area contributed by atoms with Gasteiger partial charge in [-0.3, -0.25) is 9.36 Å². The third-order valence-electron chi connectivity index (χ3n) is 6.39. The van der Waals surface area contributed by atoms with E-state index in [-0.39, 0.29) is 17.9 Å². The lowest BCUT2D eigenvalue weighted by Gasteiger charge is -2.26. The van der Waals surface area contributed by atoms with Crippen LogP contribution in [-0.2, 0) is 9.53 Å². The number of benzene rings is 2. The molecular formula is C30H34N2O5S. The average molecular weight is 535 g/mol. The second-order valence-electron chi connectivity index (χ2n) is 9.40. The molecule has 7 nitrogen and oxygen atoms in total. The molecule has 1 aliphatic rings. The maximum absolute atomic E-state index is 13.9. The number of nitrogens with zero attached hydrogens (tertiary/aromatic N) is 2. The average Bonchev–Trinajstić information content (AvgIpc) is 3.20. The molecule has 0 saturated heterocycles. The molecule has 0 spiro atoms. The molecule has 0 amide bonds. The summed E-state index contributed by atoms with van der Waals surface area (Å²) < 4.78 is 13.0. The first-order chi connectivity index (χ1) is 18.3. The topological polar surface area (TPSA) is 90.1 Å². The van der Waals surface area contributed by atoms with Gasteiger partial charge in [0.15, 0.2) is 16.3 Å². The van der Waals surface area contributed by atoms with E-state index in [1.165, 1.54) is 16.9 Å². The fraction of sp³-hybridized carbons (Fsp3) is 0.367. The van der Waals surface area contributed by atoms with Gasteiger partial charge in [0.05, 0.1) is 35.1 Å². The van der Waals surface area contributed by atoms with Crippen LogP contribution in [0.5, 0.6) is 11.5 Å². The molecule has 200 valence electrons. The summed E-state index contributed by atoms with van der Waals surface area (Å²) in [7, 11) is 0. The van der Waals surface area contributed by atoms with Gasteiger partial charge in [-0.25, -0.2) is 9.79 Å². The third-order valence-corrected chi connectivity index (χ3v) is 7.38. The first-order valence-corrected chi connectivity index (χ1v) is 13.9. The largest absolute Gasteiger partial charge is 0.504 e. The second-order valence-corrected chi connectivity index (χ2v) is 10.4. The number of phenolic OH excluding ortho intramolecular Hbond substituents is 1. The Morgan fingerprint density at radius 3 is 2.50 bits per heavy atom. The minimum Gasteiger partial charge on any atom is -0.504 e. The first kappa shape index (κ1) is 27.4. The Hall–Kier alpha value is -3.65. The van der Waals surface area contributed by atoms with Crippen LogP contribution < -0.4 is 19.6 Å². The van der Waals surface area contributed by atoms with Crippen molar-refractivity contribution in [1.82, 2.24) is 4.57 Å². The van der Waals surface area contributed by atoms with Crippen molar-refractivity contribution in [3.8, 4) is 11.5 Å². The Bertz CT molecular complexity index is 1530. The molecule has 2 aromatic carbocycles. The lowest BCUT2D eigenvalue weighted by molar-refractivity contribution is -0.139. The SMILES string of the molecule is CCCC1=C(C(=O)OCC)[C@H](c2ccc(C(C)C)cc2)n2c(s/c(=C\c3ccc(O)c(OCC)c3)c2=O)=N1. The van der Waals surface area contributed by atoms with Crippen LogP contribution >= 0.6 is 11.3 Å². The molecule has 0 aliphatic carbocycles. The van der Waals surface area contributed by atoms with Crippen molar-refractivity contribution in [3.63, 3.8) is 0 Å². The summed E-state index contributed by atoms with van der Waals surface area (Å²) in [6, 6.07) is 12.4. The highest BCUT2D eigenvalue weighted by Crippen LogP contribution is 2.33. The molecule has 0 radical (unpaired) electrons. The molecular weight excluding hydrogens is 500 g/mol. The lowest BCUT2D eigenvalue weighted by Crippen LogP contribution is -2.40. The van der Waals surface area contributed by atoms with Crippen molar-refractivity contribution in [2.75, 3.05) is 13.2 Å². The van der Waals surface area contributed by atoms with Crippen LogP contribution in [0.1, 0.15) is 76.1 Å². The number of carbonyl (C=O) groups excluding carboxylic acids is 1. The Balaban J connectivity index is 1.95. The highest BCUT2D eigenvalue weighted by Gasteiger charge is 2.34. The van der Waals surface area contributed by atoms with Crippen molar-refractivity contribution in [2.45, 2.75) is 59.4 Å². The molecule has 38 heavy (non-hydrogen) atoms. The number of carbonyl (C=O) groups is 1. The number of ether oxygens (including phenoxy) is 2. The summed E-state index contributed by atoms with van der Waals surface area (Å²) in [5.74, 6) is 0.297. The van der Waals surface area contributed by atoms with Gasteiger partial charge < -0.3 is 14.6 Å². The molecule has 0 saturated carbocycles. The molecule has 1 atom stereocenters. The van der Waals surface area contributed by atoms with Crippen molar-refractivity contribution < 1.29 is 19.4 Å². The minimum atomic E-state index is -0.644. The summed E-state index contributed by atoms with van der Waals surface area (Å²) >= 11 is 1.28. The number of aromatic nitrogens is 1. The molecule has 2 heterocycles. The van der Waals surface area contributed by atoms with Gasteiger partial charge in [0.25, 0.3) is 5.56 Å². The van der Waals surface area contributed by atoms with Crippen molar-refractivity contribution in [1.29, 1.82) is 0 Å². The predicted molar refractivity (Wildman–Crippen MR) is 149 cm³/mol. The van der Waals surface area contributed by atoms with E-state index in [1.54, 1.807) is 35.8 Å². The summed E-state index contributed by atoms with van der Waals surface area (Å²) in [6.07, 6.45) is 3.15. The molecule has 1 N–H and O–H groups in total. The Morgan fingerprint density at radius 2 is 1.87 bits per heavy atom. The number of hydrogen-bond donors (Lipinski definition) is 1. The van der Waals surface area contributed by atoms with Crippen LogP contribution in [0.25, 0.3) is 6.08 Å². The maximum Gasteiger partial charge on any atom is 0.338 e. The summed E-state index contributed by atoms with van der Waals surface area (Å²) in [4.78, 5) is 32.5. The number of rotatable bonds is 9. The van der Waals surface area contributed by atoms with Gasteiger partial charge in [-0.15, -0.1) is 0 Å². The monoisotopic (exact) mass is 534 g/mol. The van der Waals surface area contributed by atoms with Crippen LogP contribution in [0.15, 0.2) is 63.5 Å². The predicted octanol–water partition coefficient (Wildman–Crippen LogP) is 4.81. The van der Waals surface area contributed by atoms with E-state index in [4.69, 9.17) is 14.5 Å². The van der Waals surface area contributed by atoms with Gasteiger partial charge >= 0.3 is 5.97 Å². The second kappa shape index (κ2) is 11.8. The van der Waals surface area contributed by atoms with E-state index >= 15 is 0 Å². The van der Waals surface area contributed by atoms with Crippen LogP contribution in [-0.4, -0.2) is 28.9 Å². The lowest BCUT2D eigenvalue weighted by atomic mass is 9.92. The van der Waals surface area contributed by atoms with Gasteiger partial charge in [0, 0.05) is 0 Å². The number of allylic oxidation sites excluding steroid dienone is 1. The Morgan fingerprint density at radius 1 is 1.13 bits per heavy atom. The number of aromatic hydroxyl groups is 1. The maximum atomic E-state index is 13.9. The molecule has 0 unspecified atom stereocenters. The molecule has 1 aliphatic heterocycles. The van der Waals surface area contributed by atoms with Gasteiger partial charge in [0.1, 0.15) is 0 Å². The third kappa shape index (κ3) is 5.45. The van der Waals surface area contributed by atoms with E-state index in [0.29, 0.717) is 50.9 Å². The van der Waals surface area contributed by atoms with Crippen molar-refractivity contribution in [3.05, 3.63) is 90.1 Å². The summed E-state index contributed by atoms with van der Waals surface area (Å²) in [6.45, 7) is 10.5. The van der Waals surface area contributed by atoms with Crippen LogP contribution in [0, 0.1) is 0 Å². The van der Waals surface area contributed by atoms with Gasteiger partial charge in [-0.1, -0.05) is 68.9 Å². The Labute approximate surface area is 226 Å². The smallest absolute Gasteiger partial charge is 0.338 e. The fourth-order valence-electron chi connectivity index (χ4n) is 4.54. The number of thiazole rings is 1. The van der Waals surface area contributed by atoms with E-state index in [1.807, 2.05) is 38.1 Å². The van der Waals surface area contributed by atoms with Gasteiger partial charge in [0.2, 0.25) is 0 Å². The molecule has 4 rings (SSSR count). The number of fused-ring (bicyclic) bond motifs is 1. The van der Waals surface area contributed by atoms with E-state index in [9.17, 15) is 14.7 Å². The van der Waals surface area contributed by atoms with Crippen LogP contribution in [0.4, 0.5) is 0 Å². The molecule has 0 fully saturated rings. The number of esters is 1. The van der Waals surface area contributed by atoms with E-state index in [2.05, 4.69) is 13.8 Å². The summed E-state index contributed by atoms with van der Waals surface area (Å²) in [5.41, 5.74) is 3.54. The van der Waals surface area contributed by atoms with Crippen LogP contribution in [0.2, 0.25) is 0 Å². The molecule has 3 aromatic rings. The quantitative estimate of drug-likeness (QED) is 0.398. The fourth-order valence-corrected chi connectivity index (χ4v) is 5.56. The normalized spacial score (nSPS) is 15.4. The van der Waals surface area contributed by atoms with E-state index in [0.717, 1.165) is 12.0 Å². The number of phenols is 1. The Kier molecular flexibility index (Phi) is 8.52. The van der Waals surface area contributed by atoms with E-state index < -0.39 is 12.0 Å². The molecule has 8 heteroatoms. The zero-order chi connectivity index (χ0) is 27.4. The first-order valence-electron chi connectivity index (χ1n) is 13.1. The van der Waals surface area contributed by atoms with Crippen LogP contribution in [0.3, 0.4) is 0 Å². The van der Waals surface area contributed by atoms with Gasteiger partial charge in [-0.2, -0.15) is 0 Å². The zero-order valence-corrected chi connectivity index (χ0v) is 23.3. The minimum absolute atomic E-state index is 0.0404. The number of hydrogen-bond acceptors (Lipinski definition) is 7. The highest BCUT2D eigenvalue weighted by atomic mass is 32.1.